The van der Waals surface area contributed by atoms with Gasteiger partial charge in [-0.05, 0) is 44.2 Å². The quantitative estimate of drug-likeness (QED) is 0.475. The Morgan fingerprint density at radius 1 is 1.15 bits per heavy atom. The number of benzene rings is 2. The van der Waals surface area contributed by atoms with E-state index in [9.17, 15) is 17.2 Å². The molecule has 0 saturated heterocycles. The van der Waals surface area contributed by atoms with Gasteiger partial charge in [0.1, 0.15) is 5.84 Å². The van der Waals surface area contributed by atoms with Crippen LogP contribution in [0.5, 0.6) is 0 Å². The molecule has 138 valence electrons. The molecule has 0 saturated carbocycles. The Morgan fingerprint density at radius 3 is 2.42 bits per heavy atom. The zero-order valence-electron chi connectivity index (χ0n) is 14.4. The Labute approximate surface area is 151 Å². The van der Waals surface area contributed by atoms with Crippen LogP contribution in [0.4, 0.5) is 8.78 Å². The van der Waals surface area contributed by atoms with E-state index in [1.807, 2.05) is 0 Å². The normalized spacial score (nSPS) is 12.4. The maximum atomic E-state index is 13.6. The van der Waals surface area contributed by atoms with Crippen LogP contribution >= 0.6 is 0 Å². The highest BCUT2D eigenvalue weighted by Gasteiger charge is 2.23. The third kappa shape index (κ3) is 4.45. The summed E-state index contributed by atoms with van der Waals surface area (Å²) in [6.45, 7) is 3.72. The van der Waals surface area contributed by atoms with Crippen molar-refractivity contribution >= 4 is 15.9 Å². The molecule has 1 N–H and O–H groups in total. The van der Waals surface area contributed by atoms with Gasteiger partial charge < -0.3 is 0 Å². The number of hydrogen-bond donors (Lipinski definition) is 1. The van der Waals surface area contributed by atoms with Crippen LogP contribution in [0, 0.1) is 11.6 Å². The zero-order chi connectivity index (χ0) is 19.2. The lowest BCUT2D eigenvalue weighted by molar-refractivity contribution is 0.469. The highest BCUT2D eigenvalue weighted by atomic mass is 32.2. The van der Waals surface area contributed by atoms with Gasteiger partial charge >= 0.3 is 0 Å². The van der Waals surface area contributed by atoms with Gasteiger partial charge in [-0.2, -0.15) is 12.8 Å². The highest BCUT2D eigenvalue weighted by Crippen LogP contribution is 2.15. The smallest absolute Gasteiger partial charge is 0.268 e. The van der Waals surface area contributed by atoms with Gasteiger partial charge in [-0.15, -0.1) is 0 Å². The van der Waals surface area contributed by atoms with Gasteiger partial charge in [0.15, 0.2) is 11.6 Å². The van der Waals surface area contributed by atoms with E-state index < -0.39 is 21.7 Å². The second kappa shape index (κ2) is 8.57. The molecule has 0 aromatic heterocycles. The molecule has 0 aliphatic carbocycles. The summed E-state index contributed by atoms with van der Waals surface area (Å²) in [4.78, 5) is 4.25. The third-order valence-electron chi connectivity index (χ3n) is 3.31. The predicted octanol–water partition coefficient (Wildman–Crippen LogP) is 3.46. The van der Waals surface area contributed by atoms with Crippen molar-refractivity contribution < 1.29 is 17.2 Å². The molecule has 0 heterocycles. The molecular formula is C18H19F2N3O2S. The number of sulfonamides is 1. The molecule has 0 atom stereocenters. The number of aliphatic imine (C=N–C) groups is 1. The molecule has 0 amide bonds. The van der Waals surface area contributed by atoms with Crippen LogP contribution in [0.25, 0.3) is 0 Å². The number of amidine groups is 1. The minimum Gasteiger partial charge on any atom is -0.268 e. The Hall–Kier alpha value is -2.74. The molecule has 2 rings (SSSR count). The molecule has 0 unspecified atom stereocenters. The third-order valence-corrected chi connectivity index (χ3v) is 4.91. The summed E-state index contributed by atoms with van der Waals surface area (Å²) in [6.07, 6.45) is 2.84. The van der Waals surface area contributed by atoms with E-state index in [2.05, 4.69) is 10.4 Å². The van der Waals surface area contributed by atoms with Crippen molar-refractivity contribution in [3.63, 3.8) is 0 Å². The second-order valence-corrected chi connectivity index (χ2v) is 6.97. The first-order chi connectivity index (χ1) is 12.4. The SMILES string of the molecule is C/C=C\N(NC(=NCC)c1ccc(F)c(F)c1)S(=O)(=O)c1ccccc1. The second-order valence-electron chi connectivity index (χ2n) is 5.16. The van der Waals surface area contributed by atoms with Crippen LogP contribution in [0.1, 0.15) is 19.4 Å². The van der Waals surface area contributed by atoms with Crippen molar-refractivity contribution in [2.45, 2.75) is 18.7 Å². The molecule has 0 bridgehead atoms. The molecule has 2 aromatic carbocycles. The molecule has 26 heavy (non-hydrogen) atoms. The molecular weight excluding hydrogens is 360 g/mol. The standard InChI is InChI=1S/C18H19F2N3O2S/c1-3-12-23(26(24,25)15-8-6-5-7-9-15)22-18(21-4-2)14-10-11-16(19)17(20)13-14/h3,5-13H,4H2,1-2H3,(H,21,22)/b12-3-. The van der Waals surface area contributed by atoms with Gasteiger partial charge in [-0.1, -0.05) is 24.3 Å². The van der Waals surface area contributed by atoms with E-state index in [0.29, 0.717) is 6.54 Å². The van der Waals surface area contributed by atoms with E-state index >= 15 is 0 Å². The van der Waals surface area contributed by atoms with Crippen LogP contribution in [0.2, 0.25) is 0 Å². The van der Waals surface area contributed by atoms with Crippen molar-refractivity contribution in [2.75, 3.05) is 6.54 Å². The van der Waals surface area contributed by atoms with Crippen LogP contribution < -0.4 is 5.43 Å². The molecule has 0 spiro atoms. The molecule has 0 aliphatic heterocycles. The summed E-state index contributed by atoms with van der Waals surface area (Å²) in [5, 5.41) is 0. The van der Waals surface area contributed by atoms with Crippen molar-refractivity contribution in [2.24, 2.45) is 4.99 Å². The largest absolute Gasteiger partial charge is 0.281 e. The van der Waals surface area contributed by atoms with Crippen LogP contribution in [-0.4, -0.2) is 25.2 Å². The molecule has 8 heteroatoms. The fourth-order valence-corrected chi connectivity index (χ4v) is 3.33. The minimum absolute atomic E-state index is 0.0757. The zero-order valence-corrected chi connectivity index (χ0v) is 15.2. The van der Waals surface area contributed by atoms with Crippen LogP contribution in [0.3, 0.4) is 0 Å². The number of rotatable bonds is 6. The number of hydrogen-bond acceptors (Lipinski definition) is 3. The molecule has 0 fully saturated rings. The minimum atomic E-state index is -3.92. The van der Waals surface area contributed by atoms with Gasteiger partial charge in [0.2, 0.25) is 0 Å². The summed E-state index contributed by atoms with van der Waals surface area (Å²) in [6, 6.07) is 11.1. The fraction of sp³-hybridized carbons (Fsp3) is 0.167. The van der Waals surface area contributed by atoms with Crippen LogP contribution in [0.15, 0.2) is 70.7 Å². The van der Waals surface area contributed by atoms with Crippen LogP contribution in [-0.2, 0) is 10.0 Å². The van der Waals surface area contributed by atoms with E-state index in [0.717, 1.165) is 16.5 Å². The van der Waals surface area contributed by atoms with E-state index in [-0.39, 0.29) is 16.3 Å². The predicted molar refractivity (Wildman–Crippen MR) is 96.9 cm³/mol. The summed E-state index contributed by atoms with van der Waals surface area (Å²) < 4.78 is 53.3. The summed E-state index contributed by atoms with van der Waals surface area (Å²) in [7, 11) is -3.92. The van der Waals surface area contributed by atoms with E-state index in [1.54, 1.807) is 32.0 Å². The summed E-state index contributed by atoms with van der Waals surface area (Å²) >= 11 is 0. The first kappa shape index (κ1) is 19.6. The average Bonchev–Trinajstić information content (AvgIpc) is 2.63. The first-order valence-corrected chi connectivity index (χ1v) is 9.33. The number of halogens is 2. The Morgan fingerprint density at radius 2 is 1.85 bits per heavy atom. The number of hydrazine groups is 1. The summed E-state index contributed by atoms with van der Waals surface area (Å²) in [5.41, 5.74) is 2.90. The maximum Gasteiger partial charge on any atom is 0.281 e. The van der Waals surface area contributed by atoms with Gasteiger partial charge in [-0.25, -0.2) is 8.78 Å². The van der Waals surface area contributed by atoms with Crippen molar-refractivity contribution in [3.05, 3.63) is 78.0 Å². The Bertz CT molecular complexity index is 913. The first-order valence-electron chi connectivity index (χ1n) is 7.89. The fourth-order valence-electron chi connectivity index (χ4n) is 2.12. The molecule has 0 aliphatic rings. The molecule has 0 radical (unpaired) electrons. The maximum absolute atomic E-state index is 13.6. The lowest BCUT2D eigenvalue weighted by Gasteiger charge is -2.23. The van der Waals surface area contributed by atoms with Gasteiger partial charge in [0.25, 0.3) is 10.0 Å². The molecule has 2 aromatic rings. The van der Waals surface area contributed by atoms with Gasteiger partial charge in [0.05, 0.1) is 4.90 Å². The molecule has 5 nitrogen and oxygen atoms in total. The number of nitrogens with one attached hydrogen (secondary N) is 1. The van der Waals surface area contributed by atoms with E-state index in [1.165, 1.54) is 30.5 Å². The Kier molecular flexibility index (Phi) is 6.46. The topological polar surface area (TPSA) is 61.8 Å². The Balaban J connectivity index is 2.43. The number of allylic oxidation sites excluding steroid dienone is 1. The van der Waals surface area contributed by atoms with Crippen molar-refractivity contribution in [1.82, 2.24) is 9.84 Å². The highest BCUT2D eigenvalue weighted by molar-refractivity contribution is 7.89. The van der Waals surface area contributed by atoms with Gasteiger partial charge in [0, 0.05) is 18.3 Å². The van der Waals surface area contributed by atoms with Gasteiger partial charge in [-0.3, -0.25) is 10.4 Å². The van der Waals surface area contributed by atoms with E-state index in [4.69, 9.17) is 0 Å². The average molecular weight is 379 g/mol. The summed E-state index contributed by atoms with van der Waals surface area (Å²) in [5.74, 6) is -1.94. The lowest BCUT2D eigenvalue weighted by atomic mass is 10.2. The lowest BCUT2D eigenvalue weighted by Crippen LogP contribution is -2.43. The van der Waals surface area contributed by atoms with Crippen molar-refractivity contribution in [3.8, 4) is 0 Å². The monoisotopic (exact) mass is 379 g/mol. The number of nitrogens with zero attached hydrogens (tertiary/aromatic N) is 2. The van der Waals surface area contributed by atoms with Crippen molar-refractivity contribution in [1.29, 1.82) is 0 Å².